The van der Waals surface area contributed by atoms with Gasteiger partial charge in [0, 0.05) is 21.2 Å². The molecule has 100 valence electrons. The van der Waals surface area contributed by atoms with E-state index in [-0.39, 0.29) is 9.79 Å². The summed E-state index contributed by atoms with van der Waals surface area (Å²) in [5.74, 6) is 0. The maximum Gasteiger partial charge on any atom is 0.206 e. The van der Waals surface area contributed by atoms with Crippen molar-refractivity contribution in [3.63, 3.8) is 0 Å². The molecular weight excluding hydrogens is 300 g/mol. The van der Waals surface area contributed by atoms with Gasteiger partial charge in [0.05, 0.1) is 9.79 Å². The number of anilines is 2. The lowest BCUT2D eigenvalue weighted by Gasteiger charge is -2.08. The van der Waals surface area contributed by atoms with Gasteiger partial charge in [0.15, 0.2) is 0 Å². The van der Waals surface area contributed by atoms with Gasteiger partial charge >= 0.3 is 0 Å². The summed E-state index contributed by atoms with van der Waals surface area (Å²) in [6.45, 7) is 0. The largest absolute Gasteiger partial charge is 0.398 e. The quantitative estimate of drug-likeness (QED) is 0.506. The molecule has 0 saturated heterocycles. The van der Waals surface area contributed by atoms with Crippen LogP contribution in [0.4, 0.5) is 11.4 Å². The molecule has 0 saturated carbocycles. The van der Waals surface area contributed by atoms with E-state index in [0.717, 1.165) is 0 Å². The average molecular weight is 312 g/mol. The number of hydrogen-bond donors (Lipinski definition) is 4. The summed E-state index contributed by atoms with van der Waals surface area (Å²) in [6.07, 6.45) is 0. The monoisotopic (exact) mass is 312 g/mol. The Balaban J connectivity index is 2.58. The lowest BCUT2D eigenvalue weighted by Crippen LogP contribution is -2.04. The number of nitrogens with two attached hydrogens (primary N) is 2. The van der Waals surface area contributed by atoms with Gasteiger partial charge < -0.3 is 11.5 Å². The summed E-state index contributed by atoms with van der Waals surface area (Å²) in [7, 11) is -3.65. The van der Waals surface area contributed by atoms with Crippen molar-refractivity contribution in [1.82, 2.24) is 0 Å². The van der Waals surface area contributed by atoms with E-state index in [4.69, 9.17) is 11.5 Å². The van der Waals surface area contributed by atoms with Crippen LogP contribution in [0.5, 0.6) is 0 Å². The van der Waals surface area contributed by atoms with Gasteiger partial charge in [0.1, 0.15) is 0 Å². The predicted octanol–water partition coefficient (Wildman–Crippen LogP) is 2.26. The number of nitrogen functional groups attached to an aromatic ring is 2. The molecule has 0 amide bonds. The van der Waals surface area contributed by atoms with Crippen molar-refractivity contribution < 1.29 is 8.42 Å². The summed E-state index contributed by atoms with van der Waals surface area (Å²) >= 11 is 8.22. The second-order valence-corrected chi connectivity index (χ2v) is 6.86. The highest BCUT2D eigenvalue weighted by Crippen LogP contribution is 2.28. The molecule has 2 rings (SSSR count). The molecule has 4 N–H and O–H groups in total. The van der Waals surface area contributed by atoms with Crippen molar-refractivity contribution in [2.24, 2.45) is 0 Å². The zero-order valence-electron chi connectivity index (χ0n) is 9.74. The molecule has 0 aromatic heterocycles. The van der Waals surface area contributed by atoms with Crippen LogP contribution in [0.25, 0.3) is 0 Å². The Bertz CT molecular complexity index is 685. The van der Waals surface area contributed by atoms with Crippen LogP contribution in [0.1, 0.15) is 0 Å². The molecule has 0 atom stereocenters. The highest BCUT2D eigenvalue weighted by molar-refractivity contribution is 7.91. The zero-order valence-corrected chi connectivity index (χ0v) is 12.3. The van der Waals surface area contributed by atoms with Gasteiger partial charge in [-0.15, -0.1) is 25.3 Å². The molecule has 0 aliphatic heterocycles. The SMILES string of the molecule is Nc1cc(S(=O)(=O)c2ccc(S)c(N)c2)ccc1S. The smallest absolute Gasteiger partial charge is 0.206 e. The molecular formula is C12H12N2O2S3. The van der Waals surface area contributed by atoms with Crippen molar-refractivity contribution in [3.05, 3.63) is 36.4 Å². The third kappa shape index (κ3) is 2.68. The van der Waals surface area contributed by atoms with Crippen LogP contribution < -0.4 is 11.5 Å². The first-order chi connectivity index (χ1) is 8.82. The van der Waals surface area contributed by atoms with Crippen molar-refractivity contribution in [2.75, 3.05) is 11.5 Å². The van der Waals surface area contributed by atoms with Gasteiger partial charge in [-0.05, 0) is 36.4 Å². The molecule has 0 aliphatic carbocycles. The first kappa shape index (κ1) is 14.1. The van der Waals surface area contributed by atoms with E-state index in [2.05, 4.69) is 25.3 Å². The Morgan fingerprint density at radius 2 is 1.16 bits per heavy atom. The minimum Gasteiger partial charge on any atom is -0.398 e. The standard InChI is InChI=1S/C12H12N2O2S3/c13-9-5-7(1-3-11(9)17)19(15,16)8-2-4-12(18)10(14)6-8/h1-6,17-18H,13-14H2. The molecule has 19 heavy (non-hydrogen) atoms. The number of rotatable bonds is 2. The van der Waals surface area contributed by atoms with E-state index in [1.54, 1.807) is 12.1 Å². The van der Waals surface area contributed by atoms with Crippen LogP contribution in [0.3, 0.4) is 0 Å². The predicted molar refractivity (Wildman–Crippen MR) is 81.7 cm³/mol. The van der Waals surface area contributed by atoms with Gasteiger partial charge in [-0.3, -0.25) is 0 Å². The van der Waals surface area contributed by atoms with E-state index >= 15 is 0 Å². The summed E-state index contributed by atoms with van der Waals surface area (Å²) in [4.78, 5) is 1.27. The minimum atomic E-state index is -3.65. The molecule has 0 unspecified atom stereocenters. The van der Waals surface area contributed by atoms with Crippen molar-refractivity contribution in [2.45, 2.75) is 19.6 Å². The molecule has 7 heteroatoms. The topological polar surface area (TPSA) is 86.2 Å². The summed E-state index contributed by atoms with van der Waals surface area (Å²) in [6, 6.07) is 8.76. The Morgan fingerprint density at radius 3 is 1.47 bits per heavy atom. The van der Waals surface area contributed by atoms with Gasteiger partial charge in [0.2, 0.25) is 9.84 Å². The van der Waals surface area contributed by atoms with Crippen LogP contribution in [0.15, 0.2) is 56.0 Å². The number of thiol groups is 2. The van der Waals surface area contributed by atoms with Gasteiger partial charge in [-0.2, -0.15) is 0 Å². The molecule has 4 nitrogen and oxygen atoms in total. The van der Waals surface area contributed by atoms with E-state index in [1.807, 2.05) is 0 Å². The van der Waals surface area contributed by atoms with Crippen LogP contribution in [-0.2, 0) is 9.84 Å². The number of hydrogen-bond acceptors (Lipinski definition) is 6. The molecule has 0 fully saturated rings. The van der Waals surface area contributed by atoms with Crippen molar-refractivity contribution in [3.8, 4) is 0 Å². The first-order valence-electron chi connectivity index (χ1n) is 5.24. The molecule has 0 spiro atoms. The Labute approximate surface area is 122 Å². The van der Waals surface area contributed by atoms with E-state index in [1.165, 1.54) is 24.3 Å². The second kappa shape index (κ2) is 4.99. The van der Waals surface area contributed by atoms with Crippen LogP contribution in [0.2, 0.25) is 0 Å². The van der Waals surface area contributed by atoms with Gasteiger partial charge in [0.25, 0.3) is 0 Å². The minimum absolute atomic E-state index is 0.106. The summed E-state index contributed by atoms with van der Waals surface area (Å²) in [5, 5.41) is 0. The molecule has 0 radical (unpaired) electrons. The highest BCUT2D eigenvalue weighted by atomic mass is 32.2. The maximum absolute atomic E-state index is 12.4. The Hall–Kier alpha value is -1.31. The Kier molecular flexibility index (Phi) is 3.71. The first-order valence-corrected chi connectivity index (χ1v) is 7.62. The van der Waals surface area contributed by atoms with Gasteiger partial charge in [-0.1, -0.05) is 0 Å². The molecule has 0 heterocycles. The fourth-order valence-corrected chi connectivity index (χ4v) is 3.14. The summed E-state index contributed by atoms with van der Waals surface area (Å²) < 4.78 is 24.8. The van der Waals surface area contributed by atoms with E-state index < -0.39 is 9.84 Å². The molecule has 0 aliphatic rings. The molecule has 2 aromatic rings. The summed E-state index contributed by atoms with van der Waals surface area (Å²) in [5.41, 5.74) is 12.0. The van der Waals surface area contributed by atoms with Crippen molar-refractivity contribution >= 4 is 46.5 Å². The lowest BCUT2D eigenvalue weighted by atomic mass is 10.3. The maximum atomic E-state index is 12.4. The molecule has 0 bridgehead atoms. The lowest BCUT2D eigenvalue weighted by molar-refractivity contribution is 0.596. The van der Waals surface area contributed by atoms with Gasteiger partial charge in [-0.25, -0.2) is 8.42 Å². The average Bonchev–Trinajstić information content (AvgIpc) is 2.35. The van der Waals surface area contributed by atoms with Crippen molar-refractivity contribution in [1.29, 1.82) is 0 Å². The third-order valence-corrected chi connectivity index (χ3v) is 5.18. The third-order valence-electron chi connectivity index (χ3n) is 2.62. The number of sulfone groups is 1. The van der Waals surface area contributed by atoms with E-state index in [9.17, 15) is 8.42 Å². The normalized spacial score (nSPS) is 11.5. The van der Waals surface area contributed by atoms with E-state index in [0.29, 0.717) is 21.2 Å². The zero-order chi connectivity index (χ0) is 14.2. The fourth-order valence-electron chi connectivity index (χ4n) is 1.54. The van der Waals surface area contributed by atoms with Crippen LogP contribution >= 0.6 is 25.3 Å². The fraction of sp³-hybridized carbons (Fsp3) is 0. The Morgan fingerprint density at radius 1 is 0.789 bits per heavy atom. The van der Waals surface area contributed by atoms with Crippen LogP contribution in [0, 0.1) is 0 Å². The second-order valence-electron chi connectivity index (χ2n) is 3.94. The van der Waals surface area contributed by atoms with Crippen LogP contribution in [-0.4, -0.2) is 8.42 Å². The molecule has 2 aromatic carbocycles. The number of benzene rings is 2. The highest BCUT2D eigenvalue weighted by Gasteiger charge is 2.19.